The van der Waals surface area contributed by atoms with E-state index in [4.69, 9.17) is 5.73 Å². The number of benzene rings is 1. The van der Waals surface area contributed by atoms with E-state index in [1.807, 2.05) is 33.2 Å². The summed E-state index contributed by atoms with van der Waals surface area (Å²) in [4.78, 5) is 13.8. The molecule has 0 aromatic heterocycles. The number of aryl methyl sites for hydroxylation is 1. The minimum absolute atomic E-state index is 0.0339. The zero-order valence-corrected chi connectivity index (χ0v) is 12.0. The molecule has 1 rings (SSSR count). The highest BCUT2D eigenvalue weighted by molar-refractivity contribution is 7.99. The summed E-state index contributed by atoms with van der Waals surface area (Å²) in [5, 5.41) is 2.90. The van der Waals surface area contributed by atoms with Crippen LogP contribution < -0.4 is 11.1 Å². The minimum Gasteiger partial charge on any atom is -0.399 e. The Morgan fingerprint density at radius 3 is 2.78 bits per heavy atom. The van der Waals surface area contributed by atoms with Gasteiger partial charge in [0.1, 0.15) is 0 Å². The van der Waals surface area contributed by atoms with E-state index in [9.17, 15) is 4.79 Å². The number of nitrogens with zero attached hydrogens (tertiary/aromatic N) is 1. The molecule has 0 atom stereocenters. The summed E-state index contributed by atoms with van der Waals surface area (Å²) >= 11 is 1.64. The second-order valence-corrected chi connectivity index (χ2v) is 5.58. The summed E-state index contributed by atoms with van der Waals surface area (Å²) in [6.45, 7) is 2.92. The summed E-state index contributed by atoms with van der Waals surface area (Å²) in [7, 11) is 4.05. The number of nitrogens with two attached hydrogens (primary N) is 1. The fourth-order valence-electron chi connectivity index (χ4n) is 1.43. The van der Waals surface area contributed by atoms with Crippen molar-refractivity contribution in [3.05, 3.63) is 23.8 Å². The van der Waals surface area contributed by atoms with Gasteiger partial charge >= 0.3 is 0 Å². The number of hydrogen-bond acceptors (Lipinski definition) is 4. The Morgan fingerprint density at radius 1 is 1.44 bits per heavy atom. The van der Waals surface area contributed by atoms with Crippen molar-refractivity contribution < 1.29 is 4.79 Å². The predicted octanol–water partition coefficient (Wildman–Crippen LogP) is 1.81. The molecule has 0 unspecified atom stereocenters. The number of carbonyl (C=O) groups excluding carboxylic acids is 1. The molecule has 5 heteroatoms. The highest BCUT2D eigenvalue weighted by atomic mass is 32.2. The average molecular weight is 267 g/mol. The smallest absolute Gasteiger partial charge is 0.234 e. The Labute approximate surface area is 113 Å². The summed E-state index contributed by atoms with van der Waals surface area (Å²) in [6.07, 6.45) is 0. The van der Waals surface area contributed by atoms with Crippen molar-refractivity contribution in [3.8, 4) is 0 Å². The van der Waals surface area contributed by atoms with Gasteiger partial charge in [0, 0.05) is 23.7 Å². The molecule has 100 valence electrons. The van der Waals surface area contributed by atoms with Crippen LogP contribution in [0.1, 0.15) is 5.56 Å². The zero-order valence-electron chi connectivity index (χ0n) is 11.2. The maximum absolute atomic E-state index is 11.7. The Kier molecular flexibility index (Phi) is 6.01. The Hall–Kier alpha value is -1.20. The number of nitrogens with one attached hydrogen (secondary N) is 1. The van der Waals surface area contributed by atoms with E-state index in [1.54, 1.807) is 17.8 Å². The van der Waals surface area contributed by atoms with Gasteiger partial charge in [-0.2, -0.15) is 11.8 Å². The first-order valence-electron chi connectivity index (χ1n) is 5.87. The lowest BCUT2D eigenvalue weighted by Gasteiger charge is -2.10. The largest absolute Gasteiger partial charge is 0.399 e. The van der Waals surface area contributed by atoms with Crippen LogP contribution in [0.2, 0.25) is 0 Å². The van der Waals surface area contributed by atoms with Gasteiger partial charge in [0.15, 0.2) is 0 Å². The minimum atomic E-state index is 0.0339. The fraction of sp³-hybridized carbons (Fsp3) is 0.462. The first-order chi connectivity index (χ1) is 8.49. The monoisotopic (exact) mass is 267 g/mol. The van der Waals surface area contributed by atoms with Crippen molar-refractivity contribution in [1.29, 1.82) is 0 Å². The number of amides is 1. The van der Waals surface area contributed by atoms with Crippen molar-refractivity contribution in [2.45, 2.75) is 6.92 Å². The molecule has 0 fully saturated rings. The van der Waals surface area contributed by atoms with Crippen LogP contribution in [0.15, 0.2) is 18.2 Å². The third-order valence-electron chi connectivity index (χ3n) is 2.44. The van der Waals surface area contributed by atoms with Gasteiger partial charge in [-0.1, -0.05) is 0 Å². The van der Waals surface area contributed by atoms with Crippen molar-refractivity contribution in [2.24, 2.45) is 0 Å². The van der Waals surface area contributed by atoms with E-state index in [-0.39, 0.29) is 5.91 Å². The maximum atomic E-state index is 11.7. The van der Waals surface area contributed by atoms with Gasteiger partial charge in [-0.05, 0) is 44.8 Å². The van der Waals surface area contributed by atoms with Gasteiger partial charge < -0.3 is 16.0 Å². The molecule has 0 aliphatic rings. The second-order valence-electron chi connectivity index (χ2n) is 4.48. The number of carbonyl (C=O) groups is 1. The normalized spacial score (nSPS) is 10.7. The lowest BCUT2D eigenvalue weighted by molar-refractivity contribution is -0.113. The molecule has 0 aliphatic heterocycles. The molecule has 1 aromatic rings. The van der Waals surface area contributed by atoms with Gasteiger partial charge in [0.2, 0.25) is 5.91 Å². The highest BCUT2D eigenvalue weighted by Crippen LogP contribution is 2.17. The van der Waals surface area contributed by atoms with Crippen LogP contribution in [0.25, 0.3) is 0 Å². The van der Waals surface area contributed by atoms with Crippen molar-refractivity contribution in [1.82, 2.24) is 4.90 Å². The topological polar surface area (TPSA) is 58.4 Å². The Balaban J connectivity index is 2.35. The summed E-state index contributed by atoms with van der Waals surface area (Å²) in [5.74, 6) is 1.48. The molecule has 18 heavy (non-hydrogen) atoms. The average Bonchev–Trinajstić information content (AvgIpc) is 2.28. The van der Waals surface area contributed by atoms with Crippen LogP contribution in [-0.2, 0) is 4.79 Å². The number of thioether (sulfide) groups is 1. The van der Waals surface area contributed by atoms with Crippen molar-refractivity contribution in [3.63, 3.8) is 0 Å². The fourth-order valence-corrected chi connectivity index (χ4v) is 2.32. The van der Waals surface area contributed by atoms with Crippen molar-refractivity contribution >= 4 is 29.0 Å². The van der Waals surface area contributed by atoms with Crippen LogP contribution in [0.3, 0.4) is 0 Å². The molecule has 3 N–H and O–H groups in total. The number of anilines is 2. The van der Waals surface area contributed by atoms with E-state index in [1.165, 1.54) is 0 Å². The molecule has 1 aromatic carbocycles. The molecule has 0 saturated heterocycles. The quantitative estimate of drug-likeness (QED) is 0.609. The number of hydrogen-bond donors (Lipinski definition) is 2. The van der Waals surface area contributed by atoms with Gasteiger partial charge in [-0.3, -0.25) is 4.79 Å². The van der Waals surface area contributed by atoms with Gasteiger partial charge in [0.05, 0.1) is 5.75 Å². The van der Waals surface area contributed by atoms with Gasteiger partial charge in [0.25, 0.3) is 0 Å². The van der Waals surface area contributed by atoms with Crippen LogP contribution >= 0.6 is 11.8 Å². The van der Waals surface area contributed by atoms with E-state index in [2.05, 4.69) is 10.2 Å². The first kappa shape index (κ1) is 14.9. The third kappa shape index (κ3) is 5.42. The van der Waals surface area contributed by atoms with E-state index < -0.39 is 0 Å². The third-order valence-corrected chi connectivity index (χ3v) is 3.38. The molecule has 0 saturated carbocycles. The molecular formula is C13H21N3OS. The molecular weight excluding hydrogens is 246 g/mol. The molecule has 0 aliphatic carbocycles. The Morgan fingerprint density at radius 2 is 2.17 bits per heavy atom. The number of rotatable bonds is 6. The molecule has 0 bridgehead atoms. The van der Waals surface area contributed by atoms with Gasteiger partial charge in [-0.15, -0.1) is 0 Å². The van der Waals surface area contributed by atoms with Gasteiger partial charge in [-0.25, -0.2) is 0 Å². The predicted molar refractivity (Wildman–Crippen MR) is 80.1 cm³/mol. The van der Waals surface area contributed by atoms with Crippen LogP contribution in [-0.4, -0.2) is 43.0 Å². The second kappa shape index (κ2) is 7.28. The van der Waals surface area contributed by atoms with Crippen molar-refractivity contribution in [2.75, 3.05) is 43.2 Å². The summed E-state index contributed by atoms with van der Waals surface area (Å²) < 4.78 is 0. The highest BCUT2D eigenvalue weighted by Gasteiger charge is 2.05. The van der Waals surface area contributed by atoms with Crippen LogP contribution in [0.5, 0.6) is 0 Å². The summed E-state index contributed by atoms with van der Waals surface area (Å²) in [6, 6.07) is 5.49. The molecule has 4 nitrogen and oxygen atoms in total. The standard InChI is InChI=1S/C13H21N3OS/c1-10-8-11(14)4-5-12(10)15-13(17)9-18-7-6-16(2)3/h4-5,8H,6-7,9,14H2,1-3H3,(H,15,17). The maximum Gasteiger partial charge on any atom is 0.234 e. The number of nitrogen functional groups attached to an aromatic ring is 1. The lowest BCUT2D eigenvalue weighted by atomic mass is 10.2. The molecule has 0 heterocycles. The SMILES string of the molecule is Cc1cc(N)ccc1NC(=O)CSCCN(C)C. The summed E-state index contributed by atoms with van der Waals surface area (Å²) in [5.41, 5.74) is 8.20. The van der Waals surface area contributed by atoms with E-state index in [0.29, 0.717) is 11.4 Å². The van der Waals surface area contributed by atoms with Crippen LogP contribution in [0.4, 0.5) is 11.4 Å². The zero-order chi connectivity index (χ0) is 13.5. The Bertz CT molecular complexity index is 407. The lowest BCUT2D eigenvalue weighted by Crippen LogP contribution is -2.18. The molecule has 0 spiro atoms. The van der Waals surface area contributed by atoms with Crippen LogP contribution in [0, 0.1) is 6.92 Å². The molecule has 0 radical (unpaired) electrons. The molecule has 1 amide bonds. The van der Waals surface area contributed by atoms with E-state index in [0.717, 1.165) is 23.5 Å². The first-order valence-corrected chi connectivity index (χ1v) is 7.03. The van der Waals surface area contributed by atoms with E-state index >= 15 is 0 Å².